The van der Waals surface area contributed by atoms with Crippen molar-refractivity contribution in [2.24, 2.45) is 5.92 Å². The van der Waals surface area contributed by atoms with E-state index in [1.807, 2.05) is 18.2 Å². The first-order chi connectivity index (χ1) is 6.68. The highest BCUT2D eigenvalue weighted by molar-refractivity contribution is 5.78. The van der Waals surface area contributed by atoms with Gasteiger partial charge in [-0.1, -0.05) is 37.3 Å². The fraction of sp³-hybridized carbons (Fsp3) is 0.417. The number of ether oxygens (including phenoxy) is 1. The van der Waals surface area contributed by atoms with E-state index in [1.165, 1.54) is 12.7 Å². The molecule has 1 aromatic rings. The fourth-order valence-corrected chi connectivity index (χ4v) is 1.99. The van der Waals surface area contributed by atoms with Gasteiger partial charge in [0.15, 0.2) is 0 Å². The smallest absolute Gasteiger partial charge is 0.309 e. The summed E-state index contributed by atoms with van der Waals surface area (Å²) in [5.74, 6) is -0.0359. The largest absolute Gasteiger partial charge is 0.469 e. The Bertz CT molecular complexity index is 345. The number of methoxy groups -OCH3 is 1. The molecule has 1 saturated carbocycles. The summed E-state index contributed by atoms with van der Waals surface area (Å²) in [7, 11) is 1.45. The van der Waals surface area contributed by atoms with Gasteiger partial charge in [0.25, 0.3) is 0 Å². The average Bonchev–Trinajstić information content (AvgIpc) is 2.93. The normalized spacial score (nSPS) is 29.7. The summed E-state index contributed by atoms with van der Waals surface area (Å²) in [6, 6.07) is 10.1. The van der Waals surface area contributed by atoms with Crippen LogP contribution in [0.5, 0.6) is 0 Å². The lowest BCUT2D eigenvalue weighted by molar-refractivity contribution is -0.142. The van der Waals surface area contributed by atoms with Crippen molar-refractivity contribution in [1.29, 1.82) is 0 Å². The summed E-state index contributed by atoms with van der Waals surface area (Å²) in [6.45, 7) is 2.11. The Morgan fingerprint density at radius 3 is 2.64 bits per heavy atom. The molecule has 1 fully saturated rings. The topological polar surface area (TPSA) is 26.3 Å². The van der Waals surface area contributed by atoms with E-state index in [1.54, 1.807) is 0 Å². The van der Waals surface area contributed by atoms with Gasteiger partial charge in [-0.25, -0.2) is 0 Å². The predicted octanol–water partition coefficient (Wildman–Crippen LogP) is 2.14. The van der Waals surface area contributed by atoms with Crippen LogP contribution in [0.15, 0.2) is 30.3 Å². The number of esters is 1. The van der Waals surface area contributed by atoms with Gasteiger partial charge in [-0.15, -0.1) is 0 Å². The number of carbonyl (C=O) groups is 1. The molecule has 2 rings (SSSR count). The van der Waals surface area contributed by atoms with Gasteiger partial charge in [-0.05, 0) is 12.0 Å². The summed E-state index contributed by atoms with van der Waals surface area (Å²) in [4.78, 5) is 11.3. The van der Waals surface area contributed by atoms with Crippen LogP contribution in [0.3, 0.4) is 0 Å². The van der Waals surface area contributed by atoms with Crippen LogP contribution in [-0.2, 0) is 14.9 Å². The van der Waals surface area contributed by atoms with Crippen molar-refractivity contribution in [3.05, 3.63) is 35.9 Å². The van der Waals surface area contributed by atoms with Crippen LogP contribution in [0.2, 0.25) is 0 Å². The average molecular weight is 190 g/mol. The lowest BCUT2D eigenvalue weighted by atomic mass is 9.96. The van der Waals surface area contributed by atoms with Crippen LogP contribution in [0.1, 0.15) is 18.9 Å². The molecule has 14 heavy (non-hydrogen) atoms. The van der Waals surface area contributed by atoms with Gasteiger partial charge in [0.1, 0.15) is 0 Å². The van der Waals surface area contributed by atoms with Gasteiger partial charge in [0.05, 0.1) is 13.0 Å². The van der Waals surface area contributed by atoms with Crippen molar-refractivity contribution >= 4 is 5.97 Å². The zero-order valence-electron chi connectivity index (χ0n) is 8.49. The van der Waals surface area contributed by atoms with Crippen LogP contribution < -0.4 is 0 Å². The zero-order chi connectivity index (χ0) is 10.2. The van der Waals surface area contributed by atoms with Crippen LogP contribution in [0.4, 0.5) is 0 Å². The standard InChI is InChI=1S/C12H14O2/c1-12(8-10(12)11(13)14-2)9-6-4-3-5-7-9/h3-7,10H,8H2,1-2H3/t10-,12+/m0/s1. The molecule has 2 atom stereocenters. The Balaban J connectivity index is 2.19. The van der Waals surface area contributed by atoms with Crippen LogP contribution in [-0.4, -0.2) is 13.1 Å². The molecule has 0 unspecified atom stereocenters. The van der Waals surface area contributed by atoms with E-state index in [0.29, 0.717) is 0 Å². The highest BCUT2D eigenvalue weighted by Crippen LogP contribution is 2.54. The van der Waals surface area contributed by atoms with Crippen LogP contribution in [0, 0.1) is 5.92 Å². The van der Waals surface area contributed by atoms with Crippen LogP contribution in [0.25, 0.3) is 0 Å². The van der Waals surface area contributed by atoms with Gasteiger partial charge in [-0.2, -0.15) is 0 Å². The summed E-state index contributed by atoms with van der Waals surface area (Å²) in [5, 5.41) is 0. The third-order valence-electron chi connectivity index (χ3n) is 3.16. The van der Waals surface area contributed by atoms with E-state index >= 15 is 0 Å². The SMILES string of the molecule is COC(=O)[C@@H]1C[C@]1(C)c1ccccc1. The minimum absolute atomic E-state index is 0.00829. The van der Waals surface area contributed by atoms with E-state index in [9.17, 15) is 4.79 Å². The maximum atomic E-state index is 11.3. The van der Waals surface area contributed by atoms with Crippen LogP contribution >= 0.6 is 0 Å². The Hall–Kier alpha value is -1.31. The summed E-state index contributed by atoms with van der Waals surface area (Å²) in [6.07, 6.45) is 0.906. The van der Waals surface area contributed by atoms with E-state index in [2.05, 4.69) is 19.1 Å². The maximum absolute atomic E-state index is 11.3. The van der Waals surface area contributed by atoms with Crippen molar-refractivity contribution < 1.29 is 9.53 Å². The highest BCUT2D eigenvalue weighted by atomic mass is 16.5. The van der Waals surface area contributed by atoms with Crippen molar-refractivity contribution in [3.63, 3.8) is 0 Å². The molecule has 0 radical (unpaired) electrons. The number of carbonyl (C=O) groups excluding carboxylic acids is 1. The second-order valence-electron chi connectivity index (χ2n) is 4.06. The molecule has 2 heteroatoms. The molecule has 1 aromatic carbocycles. The predicted molar refractivity (Wildman–Crippen MR) is 53.9 cm³/mol. The van der Waals surface area contributed by atoms with E-state index in [0.717, 1.165) is 6.42 Å². The number of benzene rings is 1. The van der Waals surface area contributed by atoms with Gasteiger partial charge >= 0.3 is 5.97 Å². The Morgan fingerprint density at radius 1 is 1.43 bits per heavy atom. The van der Waals surface area contributed by atoms with Crippen molar-refractivity contribution in [2.75, 3.05) is 7.11 Å². The molecular weight excluding hydrogens is 176 g/mol. The van der Waals surface area contributed by atoms with Gasteiger partial charge in [0, 0.05) is 5.41 Å². The Morgan fingerprint density at radius 2 is 2.07 bits per heavy atom. The first-order valence-electron chi connectivity index (χ1n) is 4.82. The summed E-state index contributed by atoms with van der Waals surface area (Å²) in [5.41, 5.74) is 1.24. The molecule has 2 nitrogen and oxygen atoms in total. The van der Waals surface area contributed by atoms with E-state index in [-0.39, 0.29) is 17.3 Å². The quantitative estimate of drug-likeness (QED) is 0.668. The fourth-order valence-electron chi connectivity index (χ4n) is 1.99. The molecule has 0 amide bonds. The number of hydrogen-bond acceptors (Lipinski definition) is 2. The molecule has 74 valence electrons. The molecule has 0 spiro atoms. The second kappa shape index (κ2) is 3.12. The first-order valence-corrected chi connectivity index (χ1v) is 4.82. The van der Waals surface area contributed by atoms with Gasteiger partial charge in [-0.3, -0.25) is 4.79 Å². The third-order valence-corrected chi connectivity index (χ3v) is 3.16. The van der Waals surface area contributed by atoms with Gasteiger partial charge in [0.2, 0.25) is 0 Å². The second-order valence-corrected chi connectivity index (χ2v) is 4.06. The minimum Gasteiger partial charge on any atom is -0.469 e. The molecule has 0 aliphatic heterocycles. The highest BCUT2D eigenvalue weighted by Gasteiger charge is 2.56. The van der Waals surface area contributed by atoms with Crippen molar-refractivity contribution in [2.45, 2.75) is 18.8 Å². The lowest BCUT2D eigenvalue weighted by Crippen LogP contribution is -2.12. The molecular formula is C12H14O2. The molecule has 0 aromatic heterocycles. The van der Waals surface area contributed by atoms with E-state index in [4.69, 9.17) is 4.74 Å². The van der Waals surface area contributed by atoms with Crippen molar-refractivity contribution in [3.8, 4) is 0 Å². The minimum atomic E-state index is -0.0867. The molecule has 0 N–H and O–H groups in total. The summed E-state index contributed by atoms with van der Waals surface area (Å²) < 4.78 is 4.75. The van der Waals surface area contributed by atoms with E-state index < -0.39 is 0 Å². The molecule has 0 bridgehead atoms. The zero-order valence-corrected chi connectivity index (χ0v) is 8.49. The molecule has 0 heterocycles. The lowest BCUT2D eigenvalue weighted by Gasteiger charge is -2.10. The summed E-state index contributed by atoms with van der Waals surface area (Å²) >= 11 is 0. The Labute approximate surface area is 83.9 Å². The molecule has 0 saturated heterocycles. The maximum Gasteiger partial charge on any atom is 0.309 e. The number of hydrogen-bond donors (Lipinski definition) is 0. The monoisotopic (exact) mass is 190 g/mol. The molecule has 1 aliphatic carbocycles. The number of rotatable bonds is 2. The molecule has 1 aliphatic rings. The third kappa shape index (κ3) is 1.31. The van der Waals surface area contributed by atoms with Gasteiger partial charge < -0.3 is 4.74 Å². The first kappa shape index (κ1) is 9.25. The Kier molecular flexibility index (Phi) is 2.06. The van der Waals surface area contributed by atoms with Crippen molar-refractivity contribution in [1.82, 2.24) is 0 Å².